The SMILES string of the molecule is Cc1ccc(Cl)cc1NCc1ccc(OCc2ccccc2F)c(Cl)c1. The van der Waals surface area contributed by atoms with E-state index in [9.17, 15) is 4.39 Å². The molecule has 0 saturated heterocycles. The van der Waals surface area contributed by atoms with Gasteiger partial charge in [-0.3, -0.25) is 0 Å². The van der Waals surface area contributed by atoms with Crippen LogP contribution in [0.25, 0.3) is 0 Å². The Bertz CT molecular complexity index is 914. The van der Waals surface area contributed by atoms with Crippen molar-refractivity contribution < 1.29 is 9.13 Å². The van der Waals surface area contributed by atoms with E-state index in [0.717, 1.165) is 16.8 Å². The summed E-state index contributed by atoms with van der Waals surface area (Å²) < 4.78 is 19.3. The van der Waals surface area contributed by atoms with Gasteiger partial charge in [0.15, 0.2) is 0 Å². The van der Waals surface area contributed by atoms with Crippen molar-refractivity contribution in [2.45, 2.75) is 20.1 Å². The van der Waals surface area contributed by atoms with Gasteiger partial charge in [0, 0.05) is 22.8 Å². The lowest BCUT2D eigenvalue weighted by Gasteiger charge is -2.12. The van der Waals surface area contributed by atoms with Gasteiger partial charge >= 0.3 is 0 Å². The van der Waals surface area contributed by atoms with E-state index >= 15 is 0 Å². The second kappa shape index (κ2) is 8.43. The number of ether oxygens (including phenoxy) is 1. The molecule has 3 aromatic carbocycles. The molecule has 0 fully saturated rings. The van der Waals surface area contributed by atoms with Gasteiger partial charge in [0.2, 0.25) is 0 Å². The topological polar surface area (TPSA) is 21.3 Å². The Balaban J connectivity index is 1.64. The average molecular weight is 390 g/mol. The van der Waals surface area contributed by atoms with Gasteiger partial charge in [-0.25, -0.2) is 4.39 Å². The Labute approximate surface area is 162 Å². The summed E-state index contributed by atoms with van der Waals surface area (Å²) >= 11 is 12.3. The average Bonchev–Trinajstić information content (AvgIpc) is 2.63. The molecule has 1 N–H and O–H groups in total. The highest BCUT2D eigenvalue weighted by Crippen LogP contribution is 2.27. The van der Waals surface area contributed by atoms with Crippen LogP contribution in [0.4, 0.5) is 10.1 Å². The zero-order chi connectivity index (χ0) is 18.5. The van der Waals surface area contributed by atoms with Gasteiger partial charge in [0.05, 0.1) is 5.02 Å². The molecule has 0 heterocycles. The lowest BCUT2D eigenvalue weighted by molar-refractivity contribution is 0.300. The van der Waals surface area contributed by atoms with E-state index in [0.29, 0.717) is 27.9 Å². The van der Waals surface area contributed by atoms with Crippen LogP contribution < -0.4 is 10.1 Å². The third-order valence-corrected chi connectivity index (χ3v) is 4.55. The predicted molar refractivity (Wildman–Crippen MR) is 106 cm³/mol. The fourth-order valence-electron chi connectivity index (χ4n) is 2.52. The zero-order valence-electron chi connectivity index (χ0n) is 14.2. The molecular weight excluding hydrogens is 372 g/mol. The Morgan fingerprint density at radius 2 is 1.81 bits per heavy atom. The third kappa shape index (κ3) is 4.69. The van der Waals surface area contributed by atoms with Gasteiger partial charge in [-0.2, -0.15) is 0 Å². The van der Waals surface area contributed by atoms with Crippen LogP contribution in [0.15, 0.2) is 60.7 Å². The van der Waals surface area contributed by atoms with Gasteiger partial charge in [-0.05, 0) is 48.4 Å². The van der Waals surface area contributed by atoms with Crippen molar-refractivity contribution in [3.05, 3.63) is 93.2 Å². The van der Waals surface area contributed by atoms with Crippen molar-refractivity contribution in [1.82, 2.24) is 0 Å². The number of aryl methyl sites for hydroxylation is 1. The molecule has 0 aliphatic carbocycles. The van der Waals surface area contributed by atoms with Gasteiger partial charge in [-0.1, -0.05) is 53.5 Å². The number of anilines is 1. The Morgan fingerprint density at radius 3 is 2.58 bits per heavy atom. The van der Waals surface area contributed by atoms with Crippen LogP contribution in [0.1, 0.15) is 16.7 Å². The van der Waals surface area contributed by atoms with Crippen LogP contribution in [0.3, 0.4) is 0 Å². The third-order valence-electron chi connectivity index (χ3n) is 4.02. The number of nitrogens with one attached hydrogen (secondary N) is 1. The second-order valence-electron chi connectivity index (χ2n) is 5.96. The highest BCUT2D eigenvalue weighted by Gasteiger charge is 2.07. The molecule has 3 rings (SSSR count). The quantitative estimate of drug-likeness (QED) is 0.510. The van der Waals surface area contributed by atoms with Crippen LogP contribution >= 0.6 is 23.2 Å². The smallest absolute Gasteiger partial charge is 0.138 e. The summed E-state index contributed by atoms with van der Waals surface area (Å²) in [5.74, 6) is 0.235. The lowest BCUT2D eigenvalue weighted by atomic mass is 10.1. The van der Waals surface area contributed by atoms with E-state index in [2.05, 4.69) is 5.32 Å². The standard InChI is InChI=1S/C21H18Cl2FNO/c1-14-6-8-17(22)11-20(14)25-12-15-7-9-21(18(23)10-15)26-13-16-4-2-3-5-19(16)24/h2-11,25H,12-13H2,1H3. The highest BCUT2D eigenvalue weighted by atomic mass is 35.5. The largest absolute Gasteiger partial charge is 0.487 e. The van der Waals surface area contributed by atoms with Gasteiger partial charge < -0.3 is 10.1 Å². The number of benzene rings is 3. The van der Waals surface area contributed by atoms with Gasteiger partial charge in [-0.15, -0.1) is 0 Å². The summed E-state index contributed by atoms with van der Waals surface area (Å²) in [6, 6.07) is 17.8. The van der Waals surface area contributed by atoms with Crippen molar-refractivity contribution in [1.29, 1.82) is 0 Å². The summed E-state index contributed by atoms with van der Waals surface area (Å²) in [6.45, 7) is 2.76. The Kier molecular flexibility index (Phi) is 6.02. The molecule has 134 valence electrons. The molecule has 0 bridgehead atoms. The maximum absolute atomic E-state index is 13.6. The predicted octanol–water partition coefficient (Wildman–Crippen LogP) is 6.63. The van der Waals surface area contributed by atoms with E-state index in [1.165, 1.54) is 6.07 Å². The number of rotatable bonds is 6. The highest BCUT2D eigenvalue weighted by molar-refractivity contribution is 6.32. The van der Waals surface area contributed by atoms with E-state index in [4.69, 9.17) is 27.9 Å². The molecule has 0 saturated carbocycles. The Morgan fingerprint density at radius 1 is 1.00 bits per heavy atom. The van der Waals surface area contributed by atoms with E-state index in [-0.39, 0.29) is 12.4 Å². The molecule has 26 heavy (non-hydrogen) atoms. The summed E-state index contributed by atoms with van der Waals surface area (Å²) in [5.41, 5.74) is 3.59. The van der Waals surface area contributed by atoms with Crippen LogP contribution in [0.2, 0.25) is 10.0 Å². The number of hydrogen-bond donors (Lipinski definition) is 1. The van der Waals surface area contributed by atoms with Crippen LogP contribution in [-0.4, -0.2) is 0 Å². The molecular formula is C21H18Cl2FNO. The maximum Gasteiger partial charge on any atom is 0.138 e. The van der Waals surface area contributed by atoms with Crippen molar-refractivity contribution in [3.63, 3.8) is 0 Å². The molecule has 3 aromatic rings. The first-order valence-corrected chi connectivity index (χ1v) is 8.93. The minimum Gasteiger partial charge on any atom is -0.487 e. The molecule has 0 unspecified atom stereocenters. The van der Waals surface area contributed by atoms with Crippen LogP contribution in [0.5, 0.6) is 5.75 Å². The Hall–Kier alpha value is -2.23. The van der Waals surface area contributed by atoms with E-state index < -0.39 is 0 Å². The molecule has 0 amide bonds. The first-order chi connectivity index (χ1) is 12.5. The van der Waals surface area contributed by atoms with Crippen molar-refractivity contribution in [3.8, 4) is 5.75 Å². The summed E-state index contributed by atoms with van der Waals surface area (Å²) in [7, 11) is 0. The normalized spacial score (nSPS) is 10.6. The summed E-state index contributed by atoms with van der Waals surface area (Å²) in [5, 5.41) is 4.53. The fourth-order valence-corrected chi connectivity index (χ4v) is 2.95. The molecule has 0 spiro atoms. The molecule has 5 heteroatoms. The minimum atomic E-state index is -0.290. The lowest BCUT2D eigenvalue weighted by Crippen LogP contribution is -2.02. The molecule has 0 radical (unpaired) electrons. The van der Waals surface area contributed by atoms with E-state index in [1.807, 2.05) is 37.3 Å². The first kappa shape index (κ1) is 18.6. The maximum atomic E-state index is 13.6. The summed E-state index contributed by atoms with van der Waals surface area (Å²) in [4.78, 5) is 0. The zero-order valence-corrected chi connectivity index (χ0v) is 15.7. The van der Waals surface area contributed by atoms with Gasteiger partial charge in [0.25, 0.3) is 0 Å². The van der Waals surface area contributed by atoms with E-state index in [1.54, 1.807) is 24.3 Å². The second-order valence-corrected chi connectivity index (χ2v) is 6.80. The van der Waals surface area contributed by atoms with Crippen molar-refractivity contribution >= 4 is 28.9 Å². The fraction of sp³-hybridized carbons (Fsp3) is 0.143. The number of hydrogen-bond acceptors (Lipinski definition) is 2. The monoisotopic (exact) mass is 389 g/mol. The molecule has 0 aromatic heterocycles. The number of halogens is 3. The first-order valence-electron chi connectivity index (χ1n) is 8.17. The minimum absolute atomic E-state index is 0.131. The molecule has 0 aliphatic heterocycles. The molecule has 0 atom stereocenters. The molecule has 2 nitrogen and oxygen atoms in total. The molecule has 0 aliphatic rings. The van der Waals surface area contributed by atoms with Crippen molar-refractivity contribution in [2.75, 3.05) is 5.32 Å². The summed E-state index contributed by atoms with van der Waals surface area (Å²) in [6.07, 6.45) is 0. The van der Waals surface area contributed by atoms with Crippen LogP contribution in [0, 0.1) is 12.7 Å². The van der Waals surface area contributed by atoms with Gasteiger partial charge in [0.1, 0.15) is 18.2 Å². The van der Waals surface area contributed by atoms with Crippen molar-refractivity contribution in [2.24, 2.45) is 0 Å². The van der Waals surface area contributed by atoms with Crippen LogP contribution in [-0.2, 0) is 13.2 Å².